The summed E-state index contributed by atoms with van der Waals surface area (Å²) in [5.74, 6) is 0.706. The van der Waals surface area contributed by atoms with Gasteiger partial charge in [-0.2, -0.15) is 0 Å². The van der Waals surface area contributed by atoms with E-state index in [0.29, 0.717) is 18.0 Å². The minimum Gasteiger partial charge on any atom is -0.493 e. The number of benzene rings is 2. The van der Waals surface area contributed by atoms with Crippen LogP contribution in [0, 0.1) is 0 Å². The highest BCUT2D eigenvalue weighted by Crippen LogP contribution is 2.26. The summed E-state index contributed by atoms with van der Waals surface area (Å²) in [4.78, 5) is 23.8. The van der Waals surface area contributed by atoms with Crippen LogP contribution in [-0.2, 0) is 11.2 Å². The Labute approximate surface area is 158 Å². The molecule has 6 nitrogen and oxygen atoms in total. The number of nitrogens with one attached hydrogen (secondary N) is 3. The molecule has 0 atom stereocenters. The van der Waals surface area contributed by atoms with Gasteiger partial charge in [-0.1, -0.05) is 6.07 Å². The lowest BCUT2D eigenvalue weighted by Crippen LogP contribution is -2.34. The smallest absolute Gasteiger partial charge is 0.319 e. The largest absolute Gasteiger partial charge is 0.493 e. The molecule has 1 heterocycles. The maximum Gasteiger partial charge on any atom is 0.319 e. The molecular weight excluding hydrogens is 342 g/mol. The van der Waals surface area contributed by atoms with Crippen molar-refractivity contribution in [2.45, 2.75) is 26.3 Å². The third-order valence-corrected chi connectivity index (χ3v) is 3.97. The predicted octanol–water partition coefficient (Wildman–Crippen LogP) is 3.80. The molecule has 3 N–H and O–H groups in total. The molecular formula is C21H23N3O3. The topological polar surface area (TPSA) is 79.5 Å². The number of rotatable bonds is 5. The Morgan fingerprint density at radius 1 is 1.04 bits per heavy atom. The summed E-state index contributed by atoms with van der Waals surface area (Å²) < 4.78 is 5.48. The molecule has 0 fully saturated rings. The first-order valence-electron chi connectivity index (χ1n) is 8.92. The third kappa shape index (κ3) is 5.34. The van der Waals surface area contributed by atoms with Crippen molar-refractivity contribution < 1.29 is 14.3 Å². The Balaban J connectivity index is 1.54. The molecule has 2 aromatic rings. The minimum absolute atomic E-state index is 0.0635. The molecule has 0 unspecified atom stereocenters. The Morgan fingerprint density at radius 2 is 1.74 bits per heavy atom. The number of carbonyl (C=O) groups excluding carboxylic acids is 2. The van der Waals surface area contributed by atoms with Crippen molar-refractivity contribution in [2.75, 3.05) is 17.2 Å². The molecule has 6 heteroatoms. The maximum atomic E-state index is 12.1. The lowest BCUT2D eigenvalue weighted by atomic mass is 10.1. The lowest BCUT2D eigenvalue weighted by Gasteiger charge is -2.10. The molecule has 3 rings (SSSR count). The molecule has 0 aromatic heterocycles. The van der Waals surface area contributed by atoms with Crippen LogP contribution in [0.2, 0.25) is 0 Å². The Bertz CT molecular complexity index is 857. The van der Waals surface area contributed by atoms with Gasteiger partial charge in [0, 0.05) is 29.9 Å². The number of ether oxygens (including phenoxy) is 1. The van der Waals surface area contributed by atoms with Gasteiger partial charge in [-0.25, -0.2) is 4.79 Å². The van der Waals surface area contributed by atoms with Crippen LogP contribution in [-0.4, -0.2) is 24.6 Å². The van der Waals surface area contributed by atoms with E-state index < -0.39 is 0 Å². The van der Waals surface area contributed by atoms with E-state index in [4.69, 9.17) is 4.74 Å². The van der Waals surface area contributed by atoms with Crippen LogP contribution >= 0.6 is 0 Å². The zero-order valence-corrected chi connectivity index (χ0v) is 15.4. The molecule has 27 heavy (non-hydrogen) atoms. The predicted molar refractivity (Wildman–Crippen MR) is 107 cm³/mol. The molecule has 3 amide bonds. The second kappa shape index (κ2) is 8.40. The van der Waals surface area contributed by atoms with Gasteiger partial charge in [0.2, 0.25) is 5.91 Å². The van der Waals surface area contributed by atoms with Gasteiger partial charge in [0.15, 0.2) is 0 Å². The fraction of sp³-hybridized carbons (Fsp3) is 0.238. The zero-order chi connectivity index (χ0) is 19.2. The fourth-order valence-electron chi connectivity index (χ4n) is 2.73. The first kappa shape index (κ1) is 18.5. The number of fused-ring (bicyclic) bond motifs is 1. The lowest BCUT2D eigenvalue weighted by molar-refractivity contribution is -0.111. The van der Waals surface area contributed by atoms with Gasteiger partial charge >= 0.3 is 6.03 Å². The van der Waals surface area contributed by atoms with Gasteiger partial charge in [0.1, 0.15) is 5.75 Å². The van der Waals surface area contributed by atoms with Gasteiger partial charge in [0.25, 0.3) is 0 Å². The second-order valence-corrected chi connectivity index (χ2v) is 6.62. The van der Waals surface area contributed by atoms with E-state index in [0.717, 1.165) is 17.7 Å². The normalized spacial score (nSPS) is 12.6. The summed E-state index contributed by atoms with van der Waals surface area (Å²) in [6, 6.07) is 12.6. The molecule has 140 valence electrons. The quantitative estimate of drug-likeness (QED) is 0.705. The number of urea groups is 1. The molecule has 2 aromatic carbocycles. The Kier molecular flexibility index (Phi) is 5.76. The molecule has 0 saturated heterocycles. The summed E-state index contributed by atoms with van der Waals surface area (Å²) in [6.45, 7) is 4.50. The van der Waals surface area contributed by atoms with Crippen LogP contribution in [0.3, 0.4) is 0 Å². The molecule has 0 spiro atoms. The van der Waals surface area contributed by atoms with Crippen LogP contribution in [0.4, 0.5) is 16.2 Å². The van der Waals surface area contributed by atoms with E-state index in [-0.39, 0.29) is 18.0 Å². The molecule has 0 saturated carbocycles. The summed E-state index contributed by atoms with van der Waals surface area (Å²) in [6.07, 6.45) is 4.18. The number of hydrogen-bond acceptors (Lipinski definition) is 3. The fourth-order valence-corrected chi connectivity index (χ4v) is 2.73. The van der Waals surface area contributed by atoms with Crippen LogP contribution < -0.4 is 20.7 Å². The van der Waals surface area contributed by atoms with Gasteiger partial charge in [-0.05, 0) is 67.4 Å². The van der Waals surface area contributed by atoms with E-state index in [1.807, 2.05) is 32.0 Å². The summed E-state index contributed by atoms with van der Waals surface area (Å²) in [5.41, 5.74) is 3.44. The van der Waals surface area contributed by atoms with E-state index >= 15 is 0 Å². The van der Waals surface area contributed by atoms with E-state index in [1.165, 1.54) is 11.6 Å². The number of amides is 3. The van der Waals surface area contributed by atoms with Crippen LogP contribution in [0.15, 0.2) is 48.5 Å². The standard InChI is InChI=1S/C21H23N3O3/c1-14(2)22-21(26)24-18-7-5-17(6-8-18)23-20(25)10-4-15-3-9-19-16(13-15)11-12-27-19/h3-10,13-14H,11-12H2,1-2H3,(H,23,25)(H2,22,24,26)/b10-4+. The van der Waals surface area contributed by atoms with Crippen molar-refractivity contribution in [3.63, 3.8) is 0 Å². The van der Waals surface area contributed by atoms with E-state index in [9.17, 15) is 9.59 Å². The second-order valence-electron chi connectivity index (χ2n) is 6.62. The highest BCUT2D eigenvalue weighted by Gasteiger charge is 2.11. The molecule has 0 bridgehead atoms. The minimum atomic E-state index is -0.260. The molecule has 0 aliphatic carbocycles. The van der Waals surface area contributed by atoms with Crippen molar-refractivity contribution >= 4 is 29.4 Å². The number of anilines is 2. The Hall–Kier alpha value is -3.28. The van der Waals surface area contributed by atoms with Gasteiger partial charge < -0.3 is 20.7 Å². The van der Waals surface area contributed by atoms with Crippen molar-refractivity contribution in [2.24, 2.45) is 0 Å². The van der Waals surface area contributed by atoms with Crippen molar-refractivity contribution in [1.29, 1.82) is 0 Å². The Morgan fingerprint density at radius 3 is 2.44 bits per heavy atom. The third-order valence-electron chi connectivity index (χ3n) is 3.97. The van der Waals surface area contributed by atoms with E-state index in [2.05, 4.69) is 16.0 Å². The average molecular weight is 365 g/mol. The highest BCUT2D eigenvalue weighted by molar-refractivity contribution is 6.02. The SMILES string of the molecule is CC(C)NC(=O)Nc1ccc(NC(=O)/C=C/c2ccc3c(c2)CCO3)cc1. The van der Waals surface area contributed by atoms with Gasteiger partial charge in [0.05, 0.1) is 6.61 Å². The molecule has 1 aliphatic heterocycles. The van der Waals surface area contributed by atoms with Crippen LogP contribution in [0.5, 0.6) is 5.75 Å². The van der Waals surface area contributed by atoms with Gasteiger partial charge in [-0.15, -0.1) is 0 Å². The molecule has 0 radical (unpaired) electrons. The molecule has 1 aliphatic rings. The van der Waals surface area contributed by atoms with Crippen LogP contribution in [0.1, 0.15) is 25.0 Å². The monoisotopic (exact) mass is 365 g/mol. The van der Waals surface area contributed by atoms with E-state index in [1.54, 1.807) is 30.3 Å². The first-order chi connectivity index (χ1) is 13.0. The zero-order valence-electron chi connectivity index (χ0n) is 15.4. The average Bonchev–Trinajstić information content (AvgIpc) is 3.08. The van der Waals surface area contributed by atoms with Crippen molar-refractivity contribution in [3.05, 3.63) is 59.7 Å². The number of carbonyl (C=O) groups is 2. The van der Waals surface area contributed by atoms with Crippen molar-refractivity contribution in [3.8, 4) is 5.75 Å². The first-order valence-corrected chi connectivity index (χ1v) is 8.92. The summed E-state index contributed by atoms with van der Waals surface area (Å²) in [5, 5.41) is 8.28. The highest BCUT2D eigenvalue weighted by atomic mass is 16.5. The summed E-state index contributed by atoms with van der Waals surface area (Å²) >= 11 is 0. The van der Waals surface area contributed by atoms with Gasteiger partial charge in [-0.3, -0.25) is 4.79 Å². The summed E-state index contributed by atoms with van der Waals surface area (Å²) in [7, 11) is 0. The number of hydrogen-bond donors (Lipinski definition) is 3. The van der Waals surface area contributed by atoms with Crippen LogP contribution in [0.25, 0.3) is 6.08 Å². The van der Waals surface area contributed by atoms with Crippen molar-refractivity contribution in [1.82, 2.24) is 5.32 Å². The maximum absolute atomic E-state index is 12.1.